The Morgan fingerprint density at radius 3 is 2.93 bits per heavy atom. The minimum atomic E-state index is -0.902. The van der Waals surface area contributed by atoms with Gasteiger partial charge in [0.05, 0.1) is 11.7 Å². The third-order valence-corrected chi connectivity index (χ3v) is 2.74. The van der Waals surface area contributed by atoms with Gasteiger partial charge >= 0.3 is 5.97 Å². The first-order chi connectivity index (χ1) is 7.27. The van der Waals surface area contributed by atoms with Gasteiger partial charge in [-0.15, -0.1) is 0 Å². The Labute approximate surface area is 86.2 Å². The second-order valence-corrected chi connectivity index (χ2v) is 3.87. The van der Waals surface area contributed by atoms with Gasteiger partial charge < -0.3 is 5.11 Å². The molecule has 1 saturated carbocycles. The van der Waals surface area contributed by atoms with Crippen molar-refractivity contribution >= 4 is 11.5 Å². The maximum atomic E-state index is 11.1. The molecule has 0 saturated heterocycles. The molecule has 4 nitrogen and oxygen atoms in total. The number of hydrogen-bond acceptors (Lipinski definition) is 2. The molecule has 0 aromatic carbocycles. The fourth-order valence-electron chi connectivity index (χ4n) is 1.87. The van der Waals surface area contributed by atoms with Crippen LogP contribution in [0.25, 0.3) is 5.52 Å². The van der Waals surface area contributed by atoms with Crippen LogP contribution in [0.4, 0.5) is 0 Å². The molecule has 4 heteroatoms. The maximum Gasteiger partial charge on any atom is 0.352 e. The molecule has 1 N–H and O–H groups in total. The molecule has 15 heavy (non-hydrogen) atoms. The number of carboxylic acids is 1. The lowest BCUT2D eigenvalue weighted by Crippen LogP contribution is -2.06. The molecule has 3 rings (SSSR count). The van der Waals surface area contributed by atoms with E-state index in [0.717, 1.165) is 24.2 Å². The number of carboxylic acid groups (broad SMARTS) is 1. The van der Waals surface area contributed by atoms with Crippen LogP contribution in [0.5, 0.6) is 0 Å². The molecule has 2 heterocycles. The van der Waals surface area contributed by atoms with Crippen molar-refractivity contribution in [1.82, 2.24) is 9.38 Å². The van der Waals surface area contributed by atoms with Crippen LogP contribution in [-0.2, 0) is 0 Å². The Bertz CT molecular complexity index is 541. The number of pyridine rings is 1. The highest BCUT2D eigenvalue weighted by molar-refractivity contribution is 5.86. The van der Waals surface area contributed by atoms with Gasteiger partial charge in [0.2, 0.25) is 0 Å². The van der Waals surface area contributed by atoms with Crippen LogP contribution in [0.15, 0.2) is 24.4 Å². The predicted octanol–water partition coefficient (Wildman–Crippen LogP) is 1.91. The first-order valence-corrected chi connectivity index (χ1v) is 4.97. The van der Waals surface area contributed by atoms with Crippen molar-refractivity contribution in [2.45, 2.75) is 18.8 Å². The summed E-state index contributed by atoms with van der Waals surface area (Å²) < 4.78 is 1.75. The Morgan fingerprint density at radius 2 is 2.27 bits per heavy atom. The van der Waals surface area contributed by atoms with Crippen molar-refractivity contribution < 1.29 is 9.90 Å². The summed E-state index contributed by atoms with van der Waals surface area (Å²) in [7, 11) is 0. The van der Waals surface area contributed by atoms with Crippen LogP contribution < -0.4 is 0 Å². The number of aromatic nitrogens is 2. The van der Waals surface area contributed by atoms with Crippen LogP contribution in [0.2, 0.25) is 0 Å². The molecule has 0 amide bonds. The lowest BCUT2D eigenvalue weighted by atomic mass is 10.3. The highest BCUT2D eigenvalue weighted by atomic mass is 16.4. The molecule has 0 spiro atoms. The van der Waals surface area contributed by atoms with E-state index < -0.39 is 5.97 Å². The summed E-state index contributed by atoms with van der Waals surface area (Å²) in [5.41, 5.74) is 1.16. The van der Waals surface area contributed by atoms with Gasteiger partial charge in [0.15, 0.2) is 0 Å². The number of nitrogens with zero attached hydrogens (tertiary/aromatic N) is 2. The minimum absolute atomic E-state index is 0.298. The second kappa shape index (κ2) is 2.82. The standard InChI is InChI=1S/C11H10N2O2/c14-11(15)9-3-1-2-8-6-12-10(13(8)9)7-4-5-7/h1-3,6-7H,4-5H2,(H,14,15). The van der Waals surface area contributed by atoms with Gasteiger partial charge in [0.25, 0.3) is 0 Å². The van der Waals surface area contributed by atoms with Crippen molar-refractivity contribution in [3.63, 3.8) is 0 Å². The highest BCUT2D eigenvalue weighted by Crippen LogP contribution is 2.39. The predicted molar refractivity (Wildman–Crippen MR) is 54.1 cm³/mol. The van der Waals surface area contributed by atoms with Gasteiger partial charge in [0.1, 0.15) is 11.5 Å². The molecule has 0 radical (unpaired) electrons. The SMILES string of the molecule is O=C(O)c1cccc2cnc(C3CC3)n12. The van der Waals surface area contributed by atoms with E-state index >= 15 is 0 Å². The Kier molecular flexibility index (Phi) is 1.59. The third-order valence-electron chi connectivity index (χ3n) is 2.74. The molecule has 0 aliphatic heterocycles. The molecular formula is C11H10N2O2. The summed E-state index contributed by atoms with van der Waals surface area (Å²) in [6, 6.07) is 5.24. The molecule has 2 aromatic heterocycles. The zero-order chi connectivity index (χ0) is 10.4. The zero-order valence-corrected chi connectivity index (χ0v) is 8.05. The van der Waals surface area contributed by atoms with Crippen molar-refractivity contribution in [1.29, 1.82) is 0 Å². The molecule has 1 aliphatic rings. The summed E-state index contributed by atoms with van der Waals surface area (Å²) in [5.74, 6) is 0.441. The quantitative estimate of drug-likeness (QED) is 0.809. The molecule has 0 atom stereocenters. The molecular weight excluding hydrogens is 192 g/mol. The van der Waals surface area contributed by atoms with Crippen LogP contribution in [0, 0.1) is 0 Å². The van der Waals surface area contributed by atoms with E-state index in [0.29, 0.717) is 11.6 Å². The van der Waals surface area contributed by atoms with Crippen molar-refractivity contribution in [3.05, 3.63) is 35.9 Å². The van der Waals surface area contributed by atoms with E-state index in [9.17, 15) is 4.79 Å². The van der Waals surface area contributed by atoms with Gasteiger partial charge in [-0.3, -0.25) is 4.40 Å². The van der Waals surface area contributed by atoms with Crippen molar-refractivity contribution in [3.8, 4) is 0 Å². The lowest BCUT2D eigenvalue weighted by molar-refractivity contribution is 0.0688. The monoisotopic (exact) mass is 202 g/mol. The maximum absolute atomic E-state index is 11.1. The lowest BCUT2D eigenvalue weighted by Gasteiger charge is -2.03. The van der Waals surface area contributed by atoms with Crippen LogP contribution in [0.3, 0.4) is 0 Å². The summed E-state index contributed by atoms with van der Waals surface area (Å²) >= 11 is 0. The van der Waals surface area contributed by atoms with E-state index in [4.69, 9.17) is 5.11 Å². The number of aromatic carboxylic acids is 1. The highest BCUT2D eigenvalue weighted by Gasteiger charge is 2.29. The van der Waals surface area contributed by atoms with Gasteiger partial charge in [0, 0.05) is 5.92 Å². The average Bonchev–Trinajstić information content (AvgIpc) is 2.97. The smallest absolute Gasteiger partial charge is 0.352 e. The van der Waals surface area contributed by atoms with E-state index in [1.165, 1.54) is 0 Å². The molecule has 1 aliphatic carbocycles. The van der Waals surface area contributed by atoms with Gasteiger partial charge in [-0.05, 0) is 25.0 Å². The average molecular weight is 202 g/mol. The van der Waals surface area contributed by atoms with E-state index in [-0.39, 0.29) is 0 Å². The first-order valence-electron chi connectivity index (χ1n) is 4.97. The Hall–Kier alpha value is -1.84. The topological polar surface area (TPSA) is 54.6 Å². The van der Waals surface area contributed by atoms with E-state index in [1.54, 1.807) is 22.7 Å². The number of hydrogen-bond donors (Lipinski definition) is 1. The largest absolute Gasteiger partial charge is 0.477 e. The Morgan fingerprint density at radius 1 is 1.47 bits per heavy atom. The second-order valence-electron chi connectivity index (χ2n) is 3.87. The van der Waals surface area contributed by atoms with Crippen LogP contribution >= 0.6 is 0 Å². The van der Waals surface area contributed by atoms with Gasteiger partial charge in [-0.25, -0.2) is 9.78 Å². The molecule has 1 fully saturated rings. The van der Waals surface area contributed by atoms with Crippen molar-refractivity contribution in [2.24, 2.45) is 0 Å². The summed E-state index contributed by atoms with van der Waals surface area (Å²) in [5, 5.41) is 9.08. The van der Waals surface area contributed by atoms with Crippen LogP contribution in [-0.4, -0.2) is 20.5 Å². The number of carbonyl (C=O) groups is 1. The third kappa shape index (κ3) is 1.21. The fraction of sp³-hybridized carbons (Fsp3) is 0.273. The van der Waals surface area contributed by atoms with Gasteiger partial charge in [-0.1, -0.05) is 6.07 Å². The van der Waals surface area contributed by atoms with E-state index in [2.05, 4.69) is 4.98 Å². The number of rotatable bonds is 2. The molecule has 0 unspecified atom stereocenters. The summed E-state index contributed by atoms with van der Waals surface area (Å²) in [4.78, 5) is 15.4. The molecule has 2 aromatic rings. The van der Waals surface area contributed by atoms with E-state index in [1.807, 2.05) is 6.07 Å². The van der Waals surface area contributed by atoms with Crippen LogP contribution in [0.1, 0.15) is 35.1 Å². The summed E-state index contributed by atoms with van der Waals surface area (Å²) in [6.07, 6.45) is 3.97. The zero-order valence-electron chi connectivity index (χ0n) is 8.05. The first kappa shape index (κ1) is 8.47. The molecule has 76 valence electrons. The fourth-order valence-corrected chi connectivity index (χ4v) is 1.87. The normalized spacial score (nSPS) is 15.7. The Balaban J connectivity index is 2.33. The number of fused-ring (bicyclic) bond motifs is 1. The minimum Gasteiger partial charge on any atom is -0.477 e. The number of imidazole rings is 1. The van der Waals surface area contributed by atoms with Gasteiger partial charge in [-0.2, -0.15) is 0 Å². The van der Waals surface area contributed by atoms with Crippen molar-refractivity contribution in [2.75, 3.05) is 0 Å². The molecule has 0 bridgehead atoms. The summed E-state index contributed by atoms with van der Waals surface area (Å²) in [6.45, 7) is 0.